The zero-order valence-electron chi connectivity index (χ0n) is 8.92. The van der Waals surface area contributed by atoms with Gasteiger partial charge in [0.1, 0.15) is 0 Å². The van der Waals surface area contributed by atoms with Gasteiger partial charge in [0.15, 0.2) is 0 Å². The molecule has 1 aliphatic carbocycles. The molecule has 1 rings (SSSR count). The second-order valence-corrected chi connectivity index (χ2v) is 4.09. The third-order valence-electron chi connectivity index (χ3n) is 2.84. The van der Waals surface area contributed by atoms with E-state index in [4.69, 9.17) is 5.73 Å². The molecule has 3 N–H and O–H groups in total. The number of carbonyl (C=O) groups is 1. The lowest BCUT2D eigenvalue weighted by Crippen LogP contribution is -2.25. The lowest BCUT2D eigenvalue weighted by atomic mass is 9.94. The number of nitrogens with two attached hydrogens (primary N) is 1. The van der Waals surface area contributed by atoms with Crippen molar-refractivity contribution in [1.29, 1.82) is 0 Å². The van der Waals surface area contributed by atoms with Gasteiger partial charge in [0, 0.05) is 5.71 Å². The topological polar surface area (TPSA) is 67.5 Å². The molecular weight excluding hydrogens is 178 g/mol. The van der Waals surface area contributed by atoms with Crippen molar-refractivity contribution < 1.29 is 4.79 Å². The predicted octanol–water partition coefficient (Wildman–Crippen LogP) is 1.86. The van der Waals surface area contributed by atoms with Crippen LogP contribution in [0.25, 0.3) is 0 Å². The molecule has 80 valence electrons. The number of nitrogens with zero attached hydrogens (tertiary/aromatic N) is 1. The molecule has 2 unspecified atom stereocenters. The number of urea groups is 1. The van der Waals surface area contributed by atoms with E-state index in [9.17, 15) is 4.79 Å². The predicted molar refractivity (Wildman–Crippen MR) is 57.0 cm³/mol. The van der Waals surface area contributed by atoms with Crippen molar-refractivity contribution in [2.45, 2.75) is 39.5 Å². The Labute approximate surface area is 84.9 Å². The maximum Gasteiger partial charge on any atom is 0.332 e. The Hall–Kier alpha value is -1.06. The van der Waals surface area contributed by atoms with Crippen molar-refractivity contribution in [2.75, 3.05) is 0 Å². The highest BCUT2D eigenvalue weighted by molar-refractivity contribution is 5.88. The van der Waals surface area contributed by atoms with Crippen LogP contribution in [0.15, 0.2) is 5.10 Å². The lowest BCUT2D eigenvalue weighted by Gasteiger charge is -2.11. The molecule has 2 atom stereocenters. The molecule has 4 heteroatoms. The van der Waals surface area contributed by atoms with E-state index in [1.54, 1.807) is 0 Å². The van der Waals surface area contributed by atoms with Crippen LogP contribution in [0.5, 0.6) is 0 Å². The van der Waals surface area contributed by atoms with Crippen LogP contribution in [0.4, 0.5) is 4.79 Å². The van der Waals surface area contributed by atoms with Gasteiger partial charge in [0.05, 0.1) is 0 Å². The minimum Gasteiger partial charge on any atom is -0.350 e. The van der Waals surface area contributed by atoms with Gasteiger partial charge in [-0.15, -0.1) is 0 Å². The molecule has 0 heterocycles. The van der Waals surface area contributed by atoms with E-state index in [0.29, 0.717) is 5.92 Å². The number of carbonyl (C=O) groups excluding carboxylic acids is 1. The van der Waals surface area contributed by atoms with E-state index in [1.165, 1.54) is 12.8 Å². The van der Waals surface area contributed by atoms with Crippen LogP contribution in [0.3, 0.4) is 0 Å². The molecule has 0 aromatic heterocycles. The summed E-state index contributed by atoms with van der Waals surface area (Å²) in [5, 5.41) is 4.00. The minimum absolute atomic E-state index is 0.580. The molecule has 0 radical (unpaired) electrons. The van der Waals surface area contributed by atoms with E-state index >= 15 is 0 Å². The standard InChI is InChI=1S/C10H19N3O/c1-3-4-8-6-9(5-7(8)2)12-13-10(11)14/h7-8H,3-6H2,1-2H3,(H3,11,13,14)/b12-9+. The first-order valence-corrected chi connectivity index (χ1v) is 5.24. The number of hydrogen-bond donors (Lipinski definition) is 2. The molecule has 0 aromatic rings. The fourth-order valence-electron chi connectivity index (χ4n) is 2.11. The van der Waals surface area contributed by atoms with E-state index < -0.39 is 6.03 Å². The zero-order chi connectivity index (χ0) is 10.6. The van der Waals surface area contributed by atoms with Crippen LogP contribution in [0.1, 0.15) is 39.5 Å². The third-order valence-corrected chi connectivity index (χ3v) is 2.84. The summed E-state index contributed by atoms with van der Waals surface area (Å²) in [6, 6.07) is -0.580. The number of rotatable bonds is 3. The van der Waals surface area contributed by atoms with Crippen molar-refractivity contribution in [3.8, 4) is 0 Å². The number of nitrogens with one attached hydrogen (secondary N) is 1. The molecule has 0 spiro atoms. The minimum atomic E-state index is -0.580. The van der Waals surface area contributed by atoms with Crippen molar-refractivity contribution in [3.63, 3.8) is 0 Å². The Morgan fingerprint density at radius 1 is 1.64 bits per heavy atom. The van der Waals surface area contributed by atoms with Gasteiger partial charge >= 0.3 is 6.03 Å². The van der Waals surface area contributed by atoms with Crippen molar-refractivity contribution in [1.82, 2.24) is 5.43 Å². The Balaban J connectivity index is 2.45. The molecule has 14 heavy (non-hydrogen) atoms. The molecule has 0 bridgehead atoms. The molecule has 1 saturated carbocycles. The SMILES string of the molecule is CCCC1C/C(=N/NC(N)=O)CC1C. The average Bonchev–Trinajstić information content (AvgIpc) is 2.45. The summed E-state index contributed by atoms with van der Waals surface area (Å²) in [5.41, 5.74) is 8.32. The summed E-state index contributed by atoms with van der Waals surface area (Å²) in [4.78, 5) is 10.4. The molecular formula is C10H19N3O. The number of amides is 2. The van der Waals surface area contributed by atoms with Crippen molar-refractivity contribution in [3.05, 3.63) is 0 Å². The van der Waals surface area contributed by atoms with Gasteiger partial charge in [-0.1, -0.05) is 26.7 Å². The van der Waals surface area contributed by atoms with E-state index in [1.807, 2.05) is 0 Å². The number of hydrogen-bond acceptors (Lipinski definition) is 2. The molecule has 1 aliphatic rings. The van der Waals surface area contributed by atoms with Gasteiger partial charge in [-0.3, -0.25) is 0 Å². The highest BCUT2D eigenvalue weighted by atomic mass is 16.2. The third kappa shape index (κ3) is 3.01. The van der Waals surface area contributed by atoms with Gasteiger partial charge in [0.2, 0.25) is 0 Å². The van der Waals surface area contributed by atoms with Crippen LogP contribution in [0, 0.1) is 11.8 Å². The number of hydrazone groups is 1. The summed E-state index contributed by atoms with van der Waals surface area (Å²) in [6.45, 7) is 4.44. The molecule has 4 nitrogen and oxygen atoms in total. The Bertz CT molecular complexity index is 238. The smallest absolute Gasteiger partial charge is 0.332 e. The molecule has 1 fully saturated rings. The summed E-state index contributed by atoms with van der Waals surface area (Å²) < 4.78 is 0. The van der Waals surface area contributed by atoms with Gasteiger partial charge in [-0.2, -0.15) is 5.10 Å². The largest absolute Gasteiger partial charge is 0.350 e. The van der Waals surface area contributed by atoms with E-state index in [2.05, 4.69) is 24.4 Å². The van der Waals surface area contributed by atoms with Crippen LogP contribution < -0.4 is 11.2 Å². The first-order chi connectivity index (χ1) is 6.63. The monoisotopic (exact) mass is 197 g/mol. The van der Waals surface area contributed by atoms with Crippen LogP contribution in [-0.2, 0) is 0 Å². The fraction of sp³-hybridized carbons (Fsp3) is 0.800. The Morgan fingerprint density at radius 3 is 2.93 bits per heavy atom. The zero-order valence-corrected chi connectivity index (χ0v) is 8.92. The van der Waals surface area contributed by atoms with Gasteiger partial charge < -0.3 is 5.73 Å². The van der Waals surface area contributed by atoms with Crippen LogP contribution >= 0.6 is 0 Å². The fourth-order valence-corrected chi connectivity index (χ4v) is 2.11. The second kappa shape index (κ2) is 4.98. The Morgan fingerprint density at radius 2 is 2.36 bits per heavy atom. The van der Waals surface area contributed by atoms with Gasteiger partial charge in [0.25, 0.3) is 0 Å². The summed E-state index contributed by atoms with van der Waals surface area (Å²) in [7, 11) is 0. The average molecular weight is 197 g/mol. The lowest BCUT2D eigenvalue weighted by molar-refractivity contribution is 0.249. The summed E-state index contributed by atoms with van der Waals surface area (Å²) >= 11 is 0. The second-order valence-electron chi connectivity index (χ2n) is 4.09. The summed E-state index contributed by atoms with van der Waals surface area (Å²) in [5.74, 6) is 1.41. The van der Waals surface area contributed by atoms with Crippen molar-refractivity contribution in [2.24, 2.45) is 22.7 Å². The maximum atomic E-state index is 10.4. The van der Waals surface area contributed by atoms with Crippen LogP contribution in [-0.4, -0.2) is 11.7 Å². The first-order valence-electron chi connectivity index (χ1n) is 5.24. The maximum absolute atomic E-state index is 10.4. The quantitative estimate of drug-likeness (QED) is 0.666. The number of primary amides is 1. The molecule has 2 amide bonds. The highest BCUT2D eigenvalue weighted by Gasteiger charge is 2.27. The Kier molecular flexibility index (Phi) is 3.92. The summed E-state index contributed by atoms with van der Waals surface area (Å²) in [6.07, 6.45) is 4.46. The van der Waals surface area contributed by atoms with Gasteiger partial charge in [-0.05, 0) is 24.7 Å². The highest BCUT2D eigenvalue weighted by Crippen LogP contribution is 2.32. The van der Waals surface area contributed by atoms with Gasteiger partial charge in [-0.25, -0.2) is 10.2 Å². The molecule has 0 aromatic carbocycles. The van der Waals surface area contributed by atoms with E-state index in [-0.39, 0.29) is 0 Å². The van der Waals surface area contributed by atoms with Crippen molar-refractivity contribution >= 4 is 11.7 Å². The molecule has 0 saturated heterocycles. The normalized spacial score (nSPS) is 29.4. The molecule has 0 aliphatic heterocycles. The van der Waals surface area contributed by atoms with Crippen LogP contribution in [0.2, 0.25) is 0 Å². The first kappa shape index (κ1) is 11.0. The van der Waals surface area contributed by atoms with E-state index in [0.717, 1.165) is 24.5 Å².